The van der Waals surface area contributed by atoms with E-state index in [9.17, 15) is 18.9 Å². The summed E-state index contributed by atoms with van der Waals surface area (Å²) in [6.45, 7) is 0. The van der Waals surface area contributed by atoms with Crippen molar-refractivity contribution in [2.45, 2.75) is 0 Å². The molecule has 0 aromatic heterocycles. The molecule has 0 fully saturated rings. The maximum atomic E-state index is 9.55. The summed E-state index contributed by atoms with van der Waals surface area (Å²) in [4.78, 5) is 34.1. The van der Waals surface area contributed by atoms with Crippen molar-refractivity contribution in [1.29, 1.82) is 0 Å². The molecule has 0 atom stereocenters. The van der Waals surface area contributed by atoms with Crippen molar-refractivity contribution in [3.05, 3.63) is 0 Å². The average molecular weight is 254 g/mol. The number of hydrogen-bond donors (Lipinski definition) is 3. The number of aliphatic hydroxyl groups is 1. The molecule has 70 valence electrons. The molecule has 0 bridgehead atoms. The van der Waals surface area contributed by atoms with Crippen LogP contribution in [0.1, 0.15) is 0 Å². The fourth-order valence-electron chi connectivity index (χ4n) is 0.130. The van der Waals surface area contributed by atoms with E-state index in [2.05, 4.69) is 4.31 Å². The Morgan fingerprint density at radius 1 is 1.08 bits per heavy atom. The van der Waals surface area contributed by atoms with Crippen molar-refractivity contribution in [3.8, 4) is 0 Å². The van der Waals surface area contributed by atoms with Crippen molar-refractivity contribution in [2.75, 3.05) is 7.11 Å². The van der Waals surface area contributed by atoms with Crippen molar-refractivity contribution in [1.82, 2.24) is 0 Å². The van der Waals surface area contributed by atoms with Crippen LogP contribution in [0, 0.1) is 0 Å². The van der Waals surface area contributed by atoms with Gasteiger partial charge in [0.25, 0.3) is 0 Å². The van der Waals surface area contributed by atoms with Crippen LogP contribution in [0.4, 0.5) is 0 Å². The first-order valence-corrected chi connectivity index (χ1v) is 4.93. The van der Waals surface area contributed by atoms with E-state index in [1.54, 1.807) is 0 Å². The van der Waals surface area contributed by atoms with Crippen LogP contribution in [-0.2, 0) is 13.4 Å². The van der Waals surface area contributed by atoms with Crippen LogP contribution in [-0.4, -0.2) is 22.0 Å². The summed E-state index contributed by atoms with van der Waals surface area (Å²) in [5, 5.41) is 7.00. The van der Waals surface area contributed by atoms with Gasteiger partial charge in [-0.3, -0.25) is 4.31 Å². The van der Waals surface area contributed by atoms with Crippen molar-refractivity contribution in [2.24, 2.45) is 0 Å². The van der Waals surface area contributed by atoms with Gasteiger partial charge in [-0.15, -0.1) is 0 Å². The molecule has 0 aliphatic carbocycles. The van der Waals surface area contributed by atoms with E-state index >= 15 is 0 Å². The maximum Gasteiger partial charge on any atom is 1.00 e. The molecule has 0 aliphatic rings. The number of phosphoric acid groups is 2. The molecule has 0 amide bonds. The van der Waals surface area contributed by atoms with Crippen molar-refractivity contribution >= 4 is 15.6 Å². The molecule has 3 N–H and O–H groups in total. The van der Waals surface area contributed by atoms with Gasteiger partial charge in [-0.05, 0) is 0 Å². The van der Waals surface area contributed by atoms with Gasteiger partial charge >= 0.3 is 66.9 Å². The minimum atomic E-state index is -5.55. The Hall–Kier alpha value is 2.22. The Balaban J connectivity index is -0.0000000941. The largest absolute Gasteiger partial charge is 1.00 e. The summed E-state index contributed by atoms with van der Waals surface area (Å²) in [7, 11) is -9.73. The van der Waals surface area contributed by atoms with Crippen molar-refractivity contribution < 1.29 is 97.2 Å². The summed E-state index contributed by atoms with van der Waals surface area (Å²) >= 11 is 0. The van der Waals surface area contributed by atoms with E-state index in [-0.39, 0.29) is 59.1 Å². The third-order valence-corrected chi connectivity index (χ3v) is 1.86. The van der Waals surface area contributed by atoms with Gasteiger partial charge in [0.1, 0.15) is 0 Å². The fourth-order valence-corrected chi connectivity index (χ4v) is 1.17. The maximum absolute atomic E-state index is 9.55. The molecule has 0 aliphatic heterocycles. The van der Waals surface area contributed by atoms with Crippen LogP contribution in [0.5, 0.6) is 0 Å². The smallest absolute Gasteiger partial charge is 0.789 e. The first-order valence-electron chi connectivity index (χ1n) is 1.94. The fraction of sp³-hybridized carbons (Fsp3) is 1.00. The van der Waals surface area contributed by atoms with Gasteiger partial charge in [0.05, 0.1) is 7.82 Å². The number of hydrogen-bond acceptors (Lipinski definition) is 6. The van der Waals surface area contributed by atoms with Gasteiger partial charge < -0.3 is 29.2 Å². The Morgan fingerprint density at radius 2 is 1.31 bits per heavy atom. The molecule has 0 radical (unpaired) electrons. The summed E-state index contributed by atoms with van der Waals surface area (Å²) in [5.74, 6) is 0. The first kappa shape index (κ1) is 24.4. The van der Waals surface area contributed by atoms with E-state index in [1.165, 1.54) is 0 Å². The van der Waals surface area contributed by atoms with E-state index < -0.39 is 15.6 Å². The van der Waals surface area contributed by atoms with E-state index in [0.29, 0.717) is 0 Å². The van der Waals surface area contributed by atoms with Gasteiger partial charge in [-0.2, -0.15) is 0 Å². The van der Waals surface area contributed by atoms with Gasteiger partial charge in [0.15, 0.2) is 0 Å². The molecule has 0 heterocycles. The van der Waals surface area contributed by atoms with Crippen molar-refractivity contribution in [3.63, 3.8) is 0 Å². The molecule has 0 aromatic carbocycles. The molecular weight excluding hydrogens is 248 g/mol. The molecule has 0 unspecified atom stereocenters. The zero-order chi connectivity index (χ0) is 9.71. The summed E-state index contributed by atoms with van der Waals surface area (Å²) < 4.78 is 21.7. The van der Waals surface area contributed by atoms with Gasteiger partial charge in [0.2, 0.25) is 0 Å². The van der Waals surface area contributed by atoms with Crippen LogP contribution in [0.3, 0.4) is 0 Å². The zero-order valence-corrected chi connectivity index (χ0v) is 13.1. The second-order valence-electron chi connectivity index (χ2n) is 1.02. The minimum absolute atomic E-state index is 0. The number of aliphatic hydroxyl groups excluding tert-OH is 1. The molecule has 0 saturated carbocycles. The molecule has 0 rings (SSSR count). The third kappa shape index (κ3) is 31.4. The van der Waals surface area contributed by atoms with Gasteiger partial charge in [-0.25, -0.2) is 4.57 Å². The molecular formula is CH6Na2O8P2. The van der Waals surface area contributed by atoms with Crippen LogP contribution in [0.2, 0.25) is 0 Å². The van der Waals surface area contributed by atoms with E-state index in [0.717, 1.165) is 7.11 Å². The quantitative estimate of drug-likeness (QED) is 0.324. The Labute approximate surface area is 119 Å². The molecule has 0 spiro atoms. The predicted molar refractivity (Wildman–Crippen MR) is 28.9 cm³/mol. The van der Waals surface area contributed by atoms with Crippen LogP contribution in [0.25, 0.3) is 0 Å². The minimum Gasteiger partial charge on any atom is -0.789 e. The Bertz CT molecular complexity index is 161. The Kier molecular flexibility index (Phi) is 20.2. The van der Waals surface area contributed by atoms with Crippen LogP contribution < -0.4 is 68.9 Å². The topological polar surface area (TPSA) is 150 Å². The summed E-state index contributed by atoms with van der Waals surface area (Å²) in [6, 6.07) is 0. The second-order valence-corrected chi connectivity index (χ2v) is 3.55. The molecule has 12 heteroatoms. The second kappa shape index (κ2) is 10.7. The number of rotatable bonds is 2. The summed E-state index contributed by atoms with van der Waals surface area (Å²) in [6.07, 6.45) is 0. The predicted octanol–water partition coefficient (Wildman–Crippen LogP) is -8.46. The van der Waals surface area contributed by atoms with Crippen LogP contribution in [0.15, 0.2) is 0 Å². The monoisotopic (exact) mass is 254 g/mol. The third-order valence-electron chi connectivity index (χ3n) is 0.206. The zero-order valence-electron chi connectivity index (χ0n) is 7.28. The van der Waals surface area contributed by atoms with E-state index in [1.807, 2.05) is 0 Å². The molecule has 8 nitrogen and oxygen atoms in total. The van der Waals surface area contributed by atoms with Gasteiger partial charge in [0, 0.05) is 7.11 Å². The molecule has 13 heavy (non-hydrogen) atoms. The normalized spacial score (nSPS) is 10.0. The van der Waals surface area contributed by atoms with Crippen LogP contribution >= 0.6 is 15.6 Å². The Morgan fingerprint density at radius 3 is 1.31 bits per heavy atom. The first-order chi connectivity index (χ1) is 4.71. The molecule has 0 saturated heterocycles. The molecule has 0 aromatic rings. The van der Waals surface area contributed by atoms with Gasteiger partial charge in [-0.1, -0.05) is 0 Å². The van der Waals surface area contributed by atoms with E-state index in [4.69, 9.17) is 14.9 Å². The summed E-state index contributed by atoms with van der Waals surface area (Å²) in [5.41, 5.74) is 0. The standard InChI is InChI=1S/CH4O.2Na.H4O7P2/c1-2;;;1-8(2,3)7-9(4,5)6/h2H,1H3;;;(H2,1,2,3)(H2,4,5,6)/q;2*+1;/p-2. The average Bonchev–Trinajstić information content (AvgIpc) is 1.60. The SMILES string of the molecule is CO.O=P([O-])([O-])OP(=O)(O)O.[Na+].[Na+].